The molecule has 0 heterocycles. The third kappa shape index (κ3) is 3.55. The fourth-order valence-corrected chi connectivity index (χ4v) is 2.28. The molecule has 2 aromatic carbocycles. The van der Waals surface area contributed by atoms with E-state index in [0.29, 0.717) is 29.0 Å². The average molecular weight is 335 g/mol. The Morgan fingerprint density at radius 1 is 1.35 bits per heavy atom. The zero-order valence-corrected chi connectivity index (χ0v) is 13.5. The molecule has 0 saturated carbocycles. The Labute approximate surface area is 139 Å². The highest BCUT2D eigenvalue weighted by atomic mass is 35.5. The highest BCUT2D eigenvalue weighted by Crippen LogP contribution is 2.37. The van der Waals surface area contributed by atoms with Crippen LogP contribution < -0.4 is 15.2 Å². The highest BCUT2D eigenvalue weighted by molar-refractivity contribution is 6.32. The standard InChI is InChI=1S/C17H16ClFN2O2/c1-3-14(21)12-6-7-13(18)17(16(12)19)23-11-5-4-10(9-20)15(8-11)22-2/h4-8,14H,3,21H2,1-2H3/t14-/m1/s1. The Morgan fingerprint density at radius 3 is 2.70 bits per heavy atom. The van der Waals surface area contributed by atoms with Gasteiger partial charge in [0.1, 0.15) is 17.6 Å². The van der Waals surface area contributed by atoms with E-state index < -0.39 is 11.9 Å². The second kappa shape index (κ2) is 7.32. The summed E-state index contributed by atoms with van der Waals surface area (Å²) in [7, 11) is 1.44. The van der Waals surface area contributed by atoms with E-state index in [9.17, 15) is 4.39 Å². The van der Waals surface area contributed by atoms with Gasteiger partial charge in [0, 0.05) is 17.7 Å². The maximum absolute atomic E-state index is 14.6. The van der Waals surface area contributed by atoms with E-state index in [4.69, 9.17) is 32.1 Å². The molecule has 0 aromatic heterocycles. The predicted octanol–water partition coefficient (Wildman–Crippen LogP) is 4.56. The molecule has 4 nitrogen and oxygen atoms in total. The van der Waals surface area contributed by atoms with Crippen LogP contribution in [-0.4, -0.2) is 7.11 Å². The van der Waals surface area contributed by atoms with Crippen LogP contribution in [0.1, 0.15) is 30.5 Å². The van der Waals surface area contributed by atoms with Gasteiger partial charge >= 0.3 is 0 Å². The summed E-state index contributed by atoms with van der Waals surface area (Å²) in [5.41, 5.74) is 6.59. The molecule has 0 bridgehead atoms. The Balaban J connectivity index is 2.42. The van der Waals surface area contributed by atoms with Crippen molar-refractivity contribution >= 4 is 11.6 Å². The van der Waals surface area contributed by atoms with Crippen molar-refractivity contribution in [3.63, 3.8) is 0 Å². The van der Waals surface area contributed by atoms with E-state index in [2.05, 4.69) is 0 Å². The van der Waals surface area contributed by atoms with Gasteiger partial charge in [-0.3, -0.25) is 0 Å². The first kappa shape index (κ1) is 17.1. The Bertz CT molecular complexity index is 759. The van der Waals surface area contributed by atoms with Gasteiger partial charge < -0.3 is 15.2 Å². The van der Waals surface area contributed by atoms with Crippen molar-refractivity contribution in [1.29, 1.82) is 5.26 Å². The molecule has 0 aliphatic heterocycles. The molecular formula is C17H16ClFN2O2. The van der Waals surface area contributed by atoms with Gasteiger partial charge in [0.05, 0.1) is 17.7 Å². The summed E-state index contributed by atoms with van der Waals surface area (Å²) in [5, 5.41) is 9.11. The molecule has 0 radical (unpaired) electrons. The molecule has 0 amide bonds. The largest absolute Gasteiger partial charge is 0.495 e. The smallest absolute Gasteiger partial charge is 0.181 e. The zero-order valence-electron chi connectivity index (χ0n) is 12.8. The minimum absolute atomic E-state index is 0.0974. The molecule has 1 atom stereocenters. The first-order chi connectivity index (χ1) is 11.0. The maximum atomic E-state index is 14.6. The lowest BCUT2D eigenvalue weighted by molar-refractivity contribution is 0.403. The molecule has 2 rings (SSSR count). The lowest BCUT2D eigenvalue weighted by Gasteiger charge is -2.15. The average Bonchev–Trinajstić information content (AvgIpc) is 2.57. The van der Waals surface area contributed by atoms with Crippen LogP contribution in [0.5, 0.6) is 17.2 Å². The lowest BCUT2D eigenvalue weighted by atomic mass is 10.0. The number of halogens is 2. The van der Waals surface area contributed by atoms with Crippen molar-refractivity contribution in [3.8, 4) is 23.3 Å². The Kier molecular flexibility index (Phi) is 5.43. The molecule has 0 aliphatic rings. The van der Waals surface area contributed by atoms with E-state index in [0.717, 1.165) is 0 Å². The van der Waals surface area contributed by atoms with Gasteiger partial charge in [-0.25, -0.2) is 4.39 Å². The van der Waals surface area contributed by atoms with Crippen molar-refractivity contribution in [2.45, 2.75) is 19.4 Å². The minimum atomic E-state index is -0.588. The summed E-state index contributed by atoms with van der Waals surface area (Å²) < 4.78 is 25.3. The summed E-state index contributed by atoms with van der Waals surface area (Å²) in [4.78, 5) is 0. The van der Waals surface area contributed by atoms with Crippen LogP contribution in [0.25, 0.3) is 0 Å². The molecule has 0 spiro atoms. The Morgan fingerprint density at radius 2 is 2.09 bits per heavy atom. The van der Waals surface area contributed by atoms with E-state index in [1.807, 2.05) is 13.0 Å². The molecule has 2 N–H and O–H groups in total. The summed E-state index contributed by atoms with van der Waals surface area (Å²) in [5.74, 6) is -0.0400. The van der Waals surface area contributed by atoms with Gasteiger partial charge in [-0.2, -0.15) is 5.26 Å². The second-order valence-electron chi connectivity index (χ2n) is 4.87. The lowest BCUT2D eigenvalue weighted by Crippen LogP contribution is -2.11. The quantitative estimate of drug-likeness (QED) is 0.870. The van der Waals surface area contributed by atoms with Crippen LogP contribution >= 0.6 is 11.6 Å². The normalized spacial score (nSPS) is 11.7. The van der Waals surface area contributed by atoms with Crippen LogP contribution in [0.3, 0.4) is 0 Å². The van der Waals surface area contributed by atoms with Gasteiger partial charge in [0.25, 0.3) is 0 Å². The molecule has 120 valence electrons. The molecule has 2 aromatic rings. The zero-order chi connectivity index (χ0) is 17.0. The van der Waals surface area contributed by atoms with Crippen LogP contribution in [0.4, 0.5) is 4.39 Å². The Hall–Kier alpha value is -2.29. The van der Waals surface area contributed by atoms with Gasteiger partial charge in [0.2, 0.25) is 0 Å². The van der Waals surface area contributed by atoms with Crippen LogP contribution in [0.15, 0.2) is 30.3 Å². The minimum Gasteiger partial charge on any atom is -0.495 e. The van der Waals surface area contributed by atoms with Crippen molar-refractivity contribution in [1.82, 2.24) is 0 Å². The maximum Gasteiger partial charge on any atom is 0.181 e. The number of methoxy groups -OCH3 is 1. The van der Waals surface area contributed by atoms with Gasteiger partial charge in [-0.05, 0) is 24.6 Å². The molecule has 0 aliphatic carbocycles. The van der Waals surface area contributed by atoms with Gasteiger partial charge in [-0.15, -0.1) is 0 Å². The summed E-state index contributed by atoms with van der Waals surface area (Å²) in [6, 6.07) is 9.23. The molecule has 0 unspecified atom stereocenters. The van der Waals surface area contributed by atoms with E-state index in [-0.39, 0.29) is 10.8 Å². The number of benzene rings is 2. The molecule has 23 heavy (non-hydrogen) atoms. The van der Waals surface area contributed by atoms with Gasteiger partial charge in [0.15, 0.2) is 11.6 Å². The highest BCUT2D eigenvalue weighted by Gasteiger charge is 2.18. The third-order valence-electron chi connectivity index (χ3n) is 3.43. The summed E-state index contributed by atoms with van der Waals surface area (Å²) in [6.45, 7) is 1.87. The fraction of sp³-hybridized carbons (Fsp3) is 0.235. The van der Waals surface area contributed by atoms with Gasteiger partial charge in [-0.1, -0.05) is 24.6 Å². The number of nitrogens with two attached hydrogens (primary N) is 1. The van der Waals surface area contributed by atoms with Crippen molar-refractivity contribution in [2.24, 2.45) is 5.73 Å². The fourth-order valence-electron chi connectivity index (χ4n) is 2.09. The van der Waals surface area contributed by atoms with Crippen LogP contribution in [0, 0.1) is 17.1 Å². The monoisotopic (exact) mass is 334 g/mol. The van der Waals surface area contributed by atoms with Crippen LogP contribution in [-0.2, 0) is 0 Å². The molecule has 6 heteroatoms. The SMILES string of the molecule is CC[C@@H](N)c1ccc(Cl)c(Oc2ccc(C#N)c(OC)c2)c1F. The summed E-state index contributed by atoms with van der Waals surface area (Å²) in [6.07, 6.45) is 0.586. The first-order valence-corrected chi connectivity index (χ1v) is 7.39. The number of nitrogens with zero attached hydrogens (tertiary/aromatic N) is 1. The first-order valence-electron chi connectivity index (χ1n) is 7.01. The number of ether oxygens (including phenoxy) is 2. The van der Waals surface area contributed by atoms with E-state index in [1.54, 1.807) is 18.2 Å². The van der Waals surface area contributed by atoms with E-state index >= 15 is 0 Å². The third-order valence-corrected chi connectivity index (χ3v) is 3.73. The van der Waals surface area contributed by atoms with Crippen molar-refractivity contribution < 1.29 is 13.9 Å². The molecular weight excluding hydrogens is 319 g/mol. The predicted molar refractivity (Wildman–Crippen MR) is 86.4 cm³/mol. The number of hydrogen-bond acceptors (Lipinski definition) is 4. The van der Waals surface area contributed by atoms with Crippen molar-refractivity contribution in [2.75, 3.05) is 7.11 Å². The topological polar surface area (TPSA) is 68.3 Å². The van der Waals surface area contributed by atoms with Crippen LogP contribution in [0.2, 0.25) is 5.02 Å². The molecule has 0 saturated heterocycles. The van der Waals surface area contributed by atoms with E-state index in [1.165, 1.54) is 19.2 Å². The number of rotatable bonds is 5. The molecule has 0 fully saturated rings. The summed E-state index contributed by atoms with van der Waals surface area (Å²) >= 11 is 6.04. The second-order valence-corrected chi connectivity index (χ2v) is 5.28. The number of nitriles is 1. The number of hydrogen-bond donors (Lipinski definition) is 1. The van der Waals surface area contributed by atoms with Crippen molar-refractivity contribution in [3.05, 3.63) is 52.3 Å².